The molecular weight excluding hydrogens is 252 g/mol. The molecule has 2 N–H and O–H groups in total. The van der Waals surface area contributed by atoms with Gasteiger partial charge in [-0.1, -0.05) is 19.1 Å². The van der Waals surface area contributed by atoms with Crippen LogP contribution in [0.15, 0.2) is 24.3 Å². The highest BCUT2D eigenvalue weighted by molar-refractivity contribution is 5.81. The summed E-state index contributed by atoms with van der Waals surface area (Å²) in [6.45, 7) is 7.93. The van der Waals surface area contributed by atoms with E-state index in [0.29, 0.717) is 0 Å². The second-order valence-electron chi connectivity index (χ2n) is 5.29. The fourth-order valence-electron chi connectivity index (χ4n) is 2.07. The summed E-state index contributed by atoms with van der Waals surface area (Å²) in [6.07, 6.45) is 0.922. The normalized spacial score (nSPS) is 13.9. The van der Waals surface area contributed by atoms with Crippen LogP contribution in [0, 0.1) is 0 Å². The van der Waals surface area contributed by atoms with Crippen LogP contribution in [0.5, 0.6) is 5.75 Å². The molecule has 0 aliphatic carbocycles. The highest BCUT2D eigenvalue weighted by Crippen LogP contribution is 2.20. The third-order valence-electron chi connectivity index (χ3n) is 3.20. The van der Waals surface area contributed by atoms with Gasteiger partial charge in [0.15, 0.2) is 0 Å². The molecule has 0 heterocycles. The van der Waals surface area contributed by atoms with Crippen LogP contribution in [-0.4, -0.2) is 25.1 Å². The average Bonchev–Trinajstić information content (AvgIpc) is 2.43. The minimum Gasteiger partial charge on any atom is -0.497 e. The lowest BCUT2D eigenvalue weighted by Crippen LogP contribution is -2.45. The summed E-state index contributed by atoms with van der Waals surface area (Å²) < 4.78 is 5.16. The Hall–Kier alpha value is -1.55. The summed E-state index contributed by atoms with van der Waals surface area (Å²) >= 11 is 0. The number of carbonyl (C=O) groups is 1. The predicted octanol–water partition coefficient (Wildman–Crippen LogP) is 2.65. The summed E-state index contributed by atoms with van der Waals surface area (Å²) in [7, 11) is 1.66. The van der Waals surface area contributed by atoms with E-state index >= 15 is 0 Å². The van der Waals surface area contributed by atoms with E-state index in [2.05, 4.69) is 17.6 Å². The molecule has 0 aromatic heterocycles. The largest absolute Gasteiger partial charge is 0.497 e. The molecular formula is C16H26N2O2. The molecule has 0 aliphatic rings. The van der Waals surface area contributed by atoms with E-state index in [1.807, 2.05) is 45.0 Å². The van der Waals surface area contributed by atoms with Crippen LogP contribution in [0.2, 0.25) is 0 Å². The topological polar surface area (TPSA) is 50.4 Å². The molecule has 1 amide bonds. The Morgan fingerprint density at radius 2 is 1.80 bits per heavy atom. The molecule has 20 heavy (non-hydrogen) atoms. The number of carbonyl (C=O) groups excluding carboxylic acids is 1. The highest BCUT2D eigenvalue weighted by Gasteiger charge is 2.18. The first-order valence-electron chi connectivity index (χ1n) is 7.18. The second kappa shape index (κ2) is 7.90. The molecule has 4 heteroatoms. The molecule has 0 aliphatic heterocycles. The molecule has 0 radical (unpaired) electrons. The van der Waals surface area contributed by atoms with Gasteiger partial charge in [-0.25, -0.2) is 0 Å². The van der Waals surface area contributed by atoms with Crippen LogP contribution >= 0.6 is 0 Å². The average molecular weight is 278 g/mol. The van der Waals surface area contributed by atoms with E-state index < -0.39 is 0 Å². The first kappa shape index (κ1) is 16.5. The Morgan fingerprint density at radius 1 is 1.20 bits per heavy atom. The van der Waals surface area contributed by atoms with Crippen LogP contribution < -0.4 is 15.4 Å². The molecule has 0 spiro atoms. The third kappa shape index (κ3) is 4.85. The number of amides is 1. The predicted molar refractivity (Wildman–Crippen MR) is 81.9 cm³/mol. The lowest BCUT2D eigenvalue weighted by atomic mass is 10.0. The Morgan fingerprint density at radius 3 is 2.25 bits per heavy atom. The van der Waals surface area contributed by atoms with Gasteiger partial charge in [-0.05, 0) is 44.9 Å². The molecule has 0 saturated carbocycles. The molecule has 0 saturated heterocycles. The van der Waals surface area contributed by atoms with E-state index in [-0.39, 0.29) is 24.0 Å². The maximum absolute atomic E-state index is 11.9. The van der Waals surface area contributed by atoms with E-state index in [1.165, 1.54) is 0 Å². The van der Waals surface area contributed by atoms with Gasteiger partial charge in [0.25, 0.3) is 0 Å². The van der Waals surface area contributed by atoms with Crippen molar-refractivity contribution in [3.8, 4) is 5.75 Å². The highest BCUT2D eigenvalue weighted by atomic mass is 16.5. The van der Waals surface area contributed by atoms with Crippen molar-refractivity contribution in [2.24, 2.45) is 0 Å². The molecule has 4 nitrogen and oxygen atoms in total. The van der Waals surface area contributed by atoms with Gasteiger partial charge in [0.05, 0.1) is 13.2 Å². The van der Waals surface area contributed by atoms with Crippen molar-refractivity contribution in [2.75, 3.05) is 7.11 Å². The molecule has 112 valence electrons. The zero-order valence-corrected chi connectivity index (χ0v) is 13.1. The Kier molecular flexibility index (Phi) is 6.52. The van der Waals surface area contributed by atoms with E-state index in [1.54, 1.807) is 7.11 Å². The number of methoxy groups -OCH3 is 1. The van der Waals surface area contributed by atoms with Crippen molar-refractivity contribution in [1.29, 1.82) is 0 Å². The first-order valence-corrected chi connectivity index (χ1v) is 7.18. The Labute approximate surface area is 121 Å². The van der Waals surface area contributed by atoms with Gasteiger partial charge in [0.1, 0.15) is 5.75 Å². The summed E-state index contributed by atoms with van der Waals surface area (Å²) in [6, 6.07) is 8.06. The van der Waals surface area contributed by atoms with E-state index in [0.717, 1.165) is 17.7 Å². The Bertz CT molecular complexity index is 415. The molecule has 1 aromatic rings. The van der Waals surface area contributed by atoms with Crippen molar-refractivity contribution in [3.63, 3.8) is 0 Å². The van der Waals surface area contributed by atoms with Crippen molar-refractivity contribution < 1.29 is 9.53 Å². The minimum atomic E-state index is -0.218. The summed E-state index contributed by atoms with van der Waals surface area (Å²) in [4.78, 5) is 11.9. The van der Waals surface area contributed by atoms with Crippen LogP contribution in [0.1, 0.15) is 45.7 Å². The number of hydrogen-bond donors (Lipinski definition) is 2. The van der Waals surface area contributed by atoms with Crippen LogP contribution in [0.4, 0.5) is 0 Å². The van der Waals surface area contributed by atoms with E-state index in [9.17, 15) is 4.79 Å². The summed E-state index contributed by atoms with van der Waals surface area (Å²) in [5.74, 6) is 0.876. The maximum atomic E-state index is 11.9. The van der Waals surface area contributed by atoms with Crippen molar-refractivity contribution in [2.45, 2.75) is 52.2 Å². The molecule has 0 unspecified atom stereocenters. The summed E-state index contributed by atoms with van der Waals surface area (Å²) in [5.41, 5.74) is 1.16. The zero-order valence-electron chi connectivity index (χ0n) is 13.1. The number of benzene rings is 1. The van der Waals surface area contributed by atoms with Gasteiger partial charge in [-0.2, -0.15) is 0 Å². The SMILES string of the molecule is CC[C@@H](N[C@H](C)C(=O)NC(C)C)c1ccc(OC)cc1. The smallest absolute Gasteiger partial charge is 0.237 e. The van der Waals surface area contributed by atoms with Crippen LogP contribution in [0.25, 0.3) is 0 Å². The van der Waals surface area contributed by atoms with E-state index in [4.69, 9.17) is 4.74 Å². The fourth-order valence-corrected chi connectivity index (χ4v) is 2.07. The van der Waals surface area contributed by atoms with Gasteiger partial charge in [-0.15, -0.1) is 0 Å². The lowest BCUT2D eigenvalue weighted by Gasteiger charge is -2.23. The van der Waals surface area contributed by atoms with Gasteiger partial charge in [-0.3, -0.25) is 10.1 Å². The monoisotopic (exact) mass is 278 g/mol. The van der Waals surface area contributed by atoms with Crippen molar-refractivity contribution >= 4 is 5.91 Å². The van der Waals surface area contributed by atoms with Crippen molar-refractivity contribution in [1.82, 2.24) is 10.6 Å². The molecule has 0 bridgehead atoms. The van der Waals surface area contributed by atoms with Crippen LogP contribution in [-0.2, 0) is 4.79 Å². The maximum Gasteiger partial charge on any atom is 0.237 e. The number of rotatable bonds is 7. The van der Waals surface area contributed by atoms with Gasteiger partial charge in [0, 0.05) is 12.1 Å². The molecule has 1 aromatic carbocycles. The molecule has 1 rings (SSSR count). The van der Waals surface area contributed by atoms with Crippen LogP contribution in [0.3, 0.4) is 0 Å². The van der Waals surface area contributed by atoms with Crippen molar-refractivity contribution in [3.05, 3.63) is 29.8 Å². The second-order valence-corrected chi connectivity index (χ2v) is 5.29. The lowest BCUT2D eigenvalue weighted by molar-refractivity contribution is -0.123. The van der Waals surface area contributed by atoms with Gasteiger partial charge < -0.3 is 10.1 Å². The quantitative estimate of drug-likeness (QED) is 0.806. The molecule has 0 fully saturated rings. The summed E-state index contributed by atoms with van der Waals surface area (Å²) in [5, 5.41) is 6.29. The van der Waals surface area contributed by atoms with Gasteiger partial charge >= 0.3 is 0 Å². The third-order valence-corrected chi connectivity index (χ3v) is 3.20. The molecule has 2 atom stereocenters. The Balaban J connectivity index is 2.68. The van der Waals surface area contributed by atoms with Gasteiger partial charge in [0.2, 0.25) is 5.91 Å². The minimum absolute atomic E-state index is 0.0342. The standard InChI is InChI=1S/C16H26N2O2/c1-6-15(13-7-9-14(20-5)10-8-13)18-12(4)16(19)17-11(2)3/h7-12,15,18H,6H2,1-5H3,(H,17,19)/t12-,15-/m1/s1. The fraction of sp³-hybridized carbons (Fsp3) is 0.562. The first-order chi connectivity index (χ1) is 9.47. The number of nitrogens with one attached hydrogen (secondary N) is 2. The zero-order chi connectivity index (χ0) is 15.1. The number of hydrogen-bond acceptors (Lipinski definition) is 3. The number of ether oxygens (including phenoxy) is 1.